The van der Waals surface area contributed by atoms with Crippen LogP contribution in [-0.4, -0.2) is 53.8 Å². The Labute approximate surface area is 201 Å². The molecule has 1 aliphatic carbocycles. The van der Waals surface area contributed by atoms with Crippen LogP contribution in [0.4, 0.5) is 4.39 Å². The first-order chi connectivity index (χ1) is 16.4. The number of hydrogen-bond acceptors (Lipinski definition) is 3. The smallest absolute Gasteiger partial charge is 0.233 e. The number of nitrogens with zero attached hydrogens (tertiary/aromatic N) is 2. The number of benzene rings is 2. The standard InChI is InChI=1S/C28H34FN3O2/c1-20(33)30-28-18-31(2)17-14-23(28)25(21-10-4-3-5-11-21)32(19-28)26(34)27(15-8-9-16-27)22-12-6-7-13-24(22)29/h3-7,10-13,23,25H,8-9,14-19H2,1-2H3,(H,30,33)/t23-,25-,28-/m1/s1. The Balaban J connectivity index is 1.63. The Bertz CT molecular complexity index is 1070. The molecule has 2 aliphatic heterocycles. The van der Waals surface area contributed by atoms with Crippen LogP contribution in [0.2, 0.25) is 0 Å². The Hall–Kier alpha value is -2.73. The van der Waals surface area contributed by atoms with E-state index in [1.807, 2.05) is 29.2 Å². The van der Waals surface area contributed by atoms with Crippen molar-refractivity contribution in [2.75, 3.05) is 26.7 Å². The van der Waals surface area contributed by atoms with Crippen molar-refractivity contribution in [3.8, 4) is 0 Å². The number of amides is 2. The van der Waals surface area contributed by atoms with Gasteiger partial charge in [0, 0.05) is 31.5 Å². The van der Waals surface area contributed by atoms with E-state index in [9.17, 15) is 9.59 Å². The average molecular weight is 464 g/mol. The summed E-state index contributed by atoms with van der Waals surface area (Å²) in [6, 6.07) is 16.8. The second-order valence-electron chi connectivity index (χ2n) is 10.5. The molecule has 0 unspecified atom stereocenters. The number of hydrogen-bond donors (Lipinski definition) is 1. The van der Waals surface area contributed by atoms with Crippen molar-refractivity contribution in [3.63, 3.8) is 0 Å². The molecule has 0 aromatic heterocycles. The van der Waals surface area contributed by atoms with E-state index in [4.69, 9.17) is 0 Å². The molecule has 1 saturated carbocycles. The molecular weight excluding hydrogens is 429 g/mol. The first-order valence-electron chi connectivity index (χ1n) is 12.4. The zero-order chi connectivity index (χ0) is 23.9. The molecule has 0 spiro atoms. The minimum atomic E-state index is -0.852. The van der Waals surface area contributed by atoms with Gasteiger partial charge in [-0.05, 0) is 44.5 Å². The Morgan fingerprint density at radius 2 is 1.68 bits per heavy atom. The Morgan fingerprint density at radius 1 is 1.00 bits per heavy atom. The maximum absolute atomic E-state index is 15.1. The van der Waals surface area contributed by atoms with Gasteiger partial charge < -0.3 is 15.1 Å². The van der Waals surface area contributed by atoms with Gasteiger partial charge in [0.25, 0.3) is 0 Å². The highest BCUT2D eigenvalue weighted by Crippen LogP contribution is 2.51. The highest BCUT2D eigenvalue weighted by molar-refractivity contribution is 5.90. The van der Waals surface area contributed by atoms with Gasteiger partial charge in [0.05, 0.1) is 17.0 Å². The molecule has 0 bridgehead atoms. The van der Waals surface area contributed by atoms with Crippen LogP contribution in [-0.2, 0) is 15.0 Å². The van der Waals surface area contributed by atoms with E-state index in [2.05, 4.69) is 29.4 Å². The number of piperidine rings is 1. The van der Waals surface area contributed by atoms with Gasteiger partial charge in [-0.1, -0.05) is 61.4 Å². The Kier molecular flexibility index (Phi) is 5.96. The molecule has 3 fully saturated rings. The third-order valence-corrected chi connectivity index (χ3v) is 8.34. The van der Waals surface area contributed by atoms with E-state index in [0.29, 0.717) is 31.5 Å². The van der Waals surface area contributed by atoms with E-state index in [0.717, 1.165) is 31.4 Å². The monoisotopic (exact) mass is 463 g/mol. The van der Waals surface area contributed by atoms with Crippen LogP contribution in [0, 0.1) is 11.7 Å². The molecule has 6 heteroatoms. The highest BCUT2D eigenvalue weighted by Gasteiger charge is 2.59. The van der Waals surface area contributed by atoms with Crippen LogP contribution >= 0.6 is 0 Å². The van der Waals surface area contributed by atoms with Crippen LogP contribution in [0.5, 0.6) is 0 Å². The van der Waals surface area contributed by atoms with Gasteiger partial charge in [-0.25, -0.2) is 4.39 Å². The van der Waals surface area contributed by atoms with Crippen molar-refractivity contribution in [3.05, 3.63) is 71.5 Å². The summed E-state index contributed by atoms with van der Waals surface area (Å²) < 4.78 is 15.1. The summed E-state index contributed by atoms with van der Waals surface area (Å²) in [6.45, 7) is 3.60. The van der Waals surface area contributed by atoms with E-state index in [-0.39, 0.29) is 29.6 Å². The van der Waals surface area contributed by atoms with Gasteiger partial charge in [-0.15, -0.1) is 0 Å². The Morgan fingerprint density at radius 3 is 2.35 bits per heavy atom. The third-order valence-electron chi connectivity index (χ3n) is 8.34. The largest absolute Gasteiger partial charge is 0.347 e. The molecule has 1 N–H and O–H groups in total. The summed E-state index contributed by atoms with van der Waals surface area (Å²) in [7, 11) is 2.07. The lowest BCUT2D eigenvalue weighted by atomic mass is 9.75. The highest BCUT2D eigenvalue weighted by atomic mass is 19.1. The second-order valence-corrected chi connectivity index (χ2v) is 10.5. The van der Waals surface area contributed by atoms with Crippen molar-refractivity contribution in [2.45, 2.75) is 56.0 Å². The van der Waals surface area contributed by atoms with Crippen molar-refractivity contribution in [1.82, 2.24) is 15.1 Å². The molecule has 5 nitrogen and oxygen atoms in total. The van der Waals surface area contributed by atoms with Crippen LogP contribution in [0.15, 0.2) is 54.6 Å². The summed E-state index contributed by atoms with van der Waals surface area (Å²) >= 11 is 0. The predicted molar refractivity (Wildman–Crippen MR) is 130 cm³/mol. The molecular formula is C28H34FN3O2. The topological polar surface area (TPSA) is 52.7 Å². The van der Waals surface area contributed by atoms with Crippen molar-refractivity contribution in [1.29, 1.82) is 0 Å². The maximum Gasteiger partial charge on any atom is 0.233 e. The van der Waals surface area contributed by atoms with E-state index in [1.54, 1.807) is 19.1 Å². The quantitative estimate of drug-likeness (QED) is 0.745. The normalized spacial score (nSPS) is 28.5. The van der Waals surface area contributed by atoms with Gasteiger partial charge in [-0.3, -0.25) is 9.59 Å². The molecule has 2 aromatic carbocycles. The number of fused-ring (bicyclic) bond motifs is 1. The molecule has 5 rings (SSSR count). The van der Waals surface area contributed by atoms with Crippen LogP contribution < -0.4 is 5.32 Å². The minimum Gasteiger partial charge on any atom is -0.347 e. The maximum atomic E-state index is 15.1. The summed E-state index contributed by atoms with van der Waals surface area (Å²) in [5.74, 6) is -0.281. The lowest BCUT2D eigenvalue weighted by molar-refractivity contribution is -0.139. The minimum absolute atomic E-state index is 0.00531. The van der Waals surface area contributed by atoms with Gasteiger partial charge in [0.1, 0.15) is 5.82 Å². The number of halogens is 1. The first kappa shape index (κ1) is 23.0. The van der Waals surface area contributed by atoms with Gasteiger partial charge in [-0.2, -0.15) is 0 Å². The molecule has 2 heterocycles. The van der Waals surface area contributed by atoms with Crippen molar-refractivity contribution in [2.24, 2.45) is 5.92 Å². The van der Waals surface area contributed by atoms with Crippen LogP contribution in [0.3, 0.4) is 0 Å². The number of likely N-dealkylation sites (N-methyl/N-ethyl adjacent to an activating group) is 1. The molecule has 2 saturated heterocycles. The molecule has 34 heavy (non-hydrogen) atoms. The summed E-state index contributed by atoms with van der Waals surface area (Å²) in [5.41, 5.74) is 0.225. The fourth-order valence-electron chi connectivity index (χ4n) is 7.04. The number of likely N-dealkylation sites (tertiary alicyclic amines) is 2. The zero-order valence-corrected chi connectivity index (χ0v) is 20.1. The lowest BCUT2D eigenvalue weighted by Gasteiger charge is -2.44. The van der Waals surface area contributed by atoms with Crippen molar-refractivity contribution >= 4 is 11.8 Å². The summed E-state index contributed by atoms with van der Waals surface area (Å²) in [4.78, 5) is 31.2. The average Bonchev–Trinajstić information content (AvgIpc) is 3.42. The van der Waals surface area contributed by atoms with E-state index >= 15 is 4.39 Å². The molecule has 180 valence electrons. The van der Waals surface area contributed by atoms with E-state index in [1.165, 1.54) is 6.07 Å². The van der Waals surface area contributed by atoms with Crippen LogP contribution in [0.25, 0.3) is 0 Å². The fourth-order valence-corrected chi connectivity index (χ4v) is 7.04. The predicted octanol–water partition coefficient (Wildman–Crippen LogP) is 4.05. The van der Waals surface area contributed by atoms with Gasteiger partial charge >= 0.3 is 0 Å². The van der Waals surface area contributed by atoms with Gasteiger partial charge in [0.15, 0.2) is 0 Å². The first-order valence-corrected chi connectivity index (χ1v) is 12.4. The summed E-state index contributed by atoms with van der Waals surface area (Å²) in [5, 5.41) is 3.28. The number of carbonyl (C=O) groups excluding carboxylic acids is 2. The molecule has 3 atom stereocenters. The van der Waals surface area contributed by atoms with Gasteiger partial charge in [0.2, 0.25) is 11.8 Å². The molecule has 2 amide bonds. The summed E-state index contributed by atoms with van der Waals surface area (Å²) in [6.07, 6.45) is 4.01. The number of rotatable bonds is 4. The van der Waals surface area contributed by atoms with E-state index < -0.39 is 11.0 Å². The molecule has 3 aliphatic rings. The van der Waals surface area contributed by atoms with Crippen molar-refractivity contribution < 1.29 is 14.0 Å². The zero-order valence-electron chi connectivity index (χ0n) is 20.1. The molecule has 0 radical (unpaired) electrons. The third kappa shape index (κ3) is 3.72. The fraction of sp³-hybridized carbons (Fsp3) is 0.500. The SMILES string of the molecule is CC(=O)N[C@@]12CN(C)CC[C@@H]1[C@@H](c1ccccc1)N(C(=O)C1(c3ccccc3F)CCCC1)C2. The second kappa shape index (κ2) is 8.81. The lowest BCUT2D eigenvalue weighted by Crippen LogP contribution is -2.63. The number of carbonyl (C=O) groups is 2. The number of nitrogens with one attached hydrogen (secondary N) is 1. The molecule has 2 aromatic rings. The van der Waals surface area contributed by atoms with Crippen LogP contribution in [0.1, 0.15) is 56.2 Å².